The lowest BCUT2D eigenvalue weighted by atomic mass is 9.85. The predicted octanol–water partition coefficient (Wildman–Crippen LogP) is 5.15. The van der Waals surface area contributed by atoms with Gasteiger partial charge in [-0.1, -0.05) is 71.4 Å². The summed E-state index contributed by atoms with van der Waals surface area (Å²) in [5.74, 6) is 0.411. The Morgan fingerprint density at radius 3 is 2.57 bits per heavy atom. The maximum Gasteiger partial charge on any atom is 0.106 e. The summed E-state index contributed by atoms with van der Waals surface area (Å²) in [6, 6.07) is 19.4. The minimum atomic E-state index is 0.0786. The van der Waals surface area contributed by atoms with Gasteiger partial charge < -0.3 is 10.1 Å². The molecule has 2 aromatic rings. The lowest BCUT2D eigenvalue weighted by Crippen LogP contribution is -2.19. The molecule has 2 nitrogen and oxygen atoms in total. The van der Waals surface area contributed by atoms with Gasteiger partial charge in [-0.2, -0.15) is 0 Å². The second kappa shape index (κ2) is 6.14. The molecule has 2 aromatic carbocycles. The molecule has 0 bridgehead atoms. The Balaban J connectivity index is 1.70. The molecule has 2 aliphatic rings. The molecule has 0 fully saturated rings. The van der Waals surface area contributed by atoms with Gasteiger partial charge in [0.2, 0.25) is 0 Å². The lowest BCUT2D eigenvalue weighted by Gasteiger charge is -2.28. The summed E-state index contributed by atoms with van der Waals surface area (Å²) < 4.78 is 7.32. The minimum absolute atomic E-state index is 0.0786. The highest BCUT2D eigenvalue weighted by Crippen LogP contribution is 2.47. The van der Waals surface area contributed by atoms with E-state index >= 15 is 0 Å². The van der Waals surface area contributed by atoms with E-state index < -0.39 is 0 Å². The summed E-state index contributed by atoms with van der Waals surface area (Å²) in [7, 11) is 0. The van der Waals surface area contributed by atoms with Crippen LogP contribution in [0.1, 0.15) is 36.6 Å². The fraction of sp³-hybridized carbons (Fsp3) is 0.300. The van der Waals surface area contributed by atoms with Crippen molar-refractivity contribution in [1.29, 1.82) is 0 Å². The molecule has 118 valence electrons. The van der Waals surface area contributed by atoms with E-state index in [2.05, 4.69) is 82.8 Å². The summed E-state index contributed by atoms with van der Waals surface area (Å²) in [4.78, 5) is 0. The predicted molar refractivity (Wildman–Crippen MR) is 96.0 cm³/mol. The molecule has 0 saturated heterocycles. The minimum Gasteiger partial charge on any atom is -0.381 e. The van der Waals surface area contributed by atoms with Crippen LogP contribution in [0.25, 0.3) is 0 Å². The van der Waals surface area contributed by atoms with Crippen molar-refractivity contribution in [1.82, 2.24) is 5.32 Å². The topological polar surface area (TPSA) is 21.3 Å². The fourth-order valence-corrected chi connectivity index (χ4v) is 4.34. The van der Waals surface area contributed by atoms with Gasteiger partial charge in [-0.25, -0.2) is 0 Å². The summed E-state index contributed by atoms with van der Waals surface area (Å²) in [5.41, 5.74) is 5.36. The van der Waals surface area contributed by atoms with Crippen LogP contribution in [0.5, 0.6) is 0 Å². The third-order valence-corrected chi connectivity index (χ3v) is 5.65. The van der Waals surface area contributed by atoms with Crippen LogP contribution >= 0.6 is 15.9 Å². The van der Waals surface area contributed by atoms with Gasteiger partial charge >= 0.3 is 0 Å². The number of halogens is 1. The molecule has 0 unspecified atom stereocenters. The first-order valence-electron chi connectivity index (χ1n) is 8.16. The molecule has 23 heavy (non-hydrogen) atoms. The molecular formula is C20H20BrNO. The average Bonchev–Trinajstić information content (AvgIpc) is 2.93. The molecule has 0 radical (unpaired) electrons. The van der Waals surface area contributed by atoms with Crippen LogP contribution in [-0.4, -0.2) is 6.61 Å². The van der Waals surface area contributed by atoms with Crippen LogP contribution in [0, 0.1) is 5.92 Å². The Hall–Kier alpha value is -1.58. The van der Waals surface area contributed by atoms with Crippen molar-refractivity contribution < 1.29 is 4.74 Å². The van der Waals surface area contributed by atoms with Crippen molar-refractivity contribution >= 4 is 15.9 Å². The number of benzene rings is 2. The van der Waals surface area contributed by atoms with Gasteiger partial charge in [0.25, 0.3) is 0 Å². The van der Waals surface area contributed by atoms with E-state index in [1.54, 1.807) is 0 Å². The number of hydrogen-bond donors (Lipinski definition) is 1. The normalized spacial score (nSPS) is 26.8. The molecule has 0 aliphatic carbocycles. The summed E-state index contributed by atoms with van der Waals surface area (Å²) in [6.45, 7) is 3.09. The van der Waals surface area contributed by atoms with Crippen LogP contribution in [-0.2, 0) is 4.74 Å². The SMILES string of the molecule is C[C@@H]1C2=C(CCO[C@@H]2c2ccccc2)N[C@@H]1c1ccccc1Br. The van der Waals surface area contributed by atoms with Gasteiger partial charge in [-0.3, -0.25) is 0 Å². The van der Waals surface area contributed by atoms with Gasteiger partial charge in [0.15, 0.2) is 0 Å². The van der Waals surface area contributed by atoms with E-state index in [1.165, 1.54) is 26.9 Å². The molecule has 4 rings (SSSR count). The molecule has 0 spiro atoms. The number of rotatable bonds is 2. The van der Waals surface area contributed by atoms with Crippen LogP contribution in [0.2, 0.25) is 0 Å². The first-order chi connectivity index (χ1) is 11.3. The van der Waals surface area contributed by atoms with Gasteiger partial charge in [0, 0.05) is 22.5 Å². The molecule has 3 atom stereocenters. The Morgan fingerprint density at radius 1 is 1.04 bits per heavy atom. The Labute approximate surface area is 145 Å². The van der Waals surface area contributed by atoms with Crippen molar-refractivity contribution in [3.05, 3.63) is 81.5 Å². The van der Waals surface area contributed by atoms with Gasteiger partial charge in [-0.15, -0.1) is 0 Å². The number of ether oxygens (including phenoxy) is 1. The number of nitrogens with one attached hydrogen (secondary N) is 1. The monoisotopic (exact) mass is 369 g/mol. The van der Waals surface area contributed by atoms with E-state index in [1.807, 2.05) is 0 Å². The zero-order valence-electron chi connectivity index (χ0n) is 13.1. The van der Waals surface area contributed by atoms with Crippen LogP contribution in [0.4, 0.5) is 0 Å². The first-order valence-corrected chi connectivity index (χ1v) is 8.95. The Kier molecular flexibility index (Phi) is 4.00. The third-order valence-electron chi connectivity index (χ3n) is 4.93. The highest BCUT2D eigenvalue weighted by Gasteiger charge is 2.39. The van der Waals surface area contributed by atoms with E-state index in [0.717, 1.165) is 13.0 Å². The van der Waals surface area contributed by atoms with Crippen molar-refractivity contribution in [2.24, 2.45) is 5.92 Å². The maximum absolute atomic E-state index is 6.15. The average molecular weight is 370 g/mol. The van der Waals surface area contributed by atoms with Crippen molar-refractivity contribution in [3.8, 4) is 0 Å². The van der Waals surface area contributed by atoms with Gasteiger partial charge in [0.05, 0.1) is 12.6 Å². The van der Waals surface area contributed by atoms with E-state index in [9.17, 15) is 0 Å². The Bertz CT molecular complexity index is 740. The molecule has 0 aromatic heterocycles. The van der Waals surface area contributed by atoms with E-state index in [4.69, 9.17) is 4.74 Å². The van der Waals surface area contributed by atoms with E-state index in [-0.39, 0.29) is 6.10 Å². The van der Waals surface area contributed by atoms with Crippen LogP contribution in [0.3, 0.4) is 0 Å². The number of hydrogen-bond acceptors (Lipinski definition) is 2. The highest BCUT2D eigenvalue weighted by atomic mass is 79.9. The molecular weight excluding hydrogens is 350 g/mol. The largest absolute Gasteiger partial charge is 0.381 e. The van der Waals surface area contributed by atoms with Crippen molar-refractivity contribution in [3.63, 3.8) is 0 Å². The third kappa shape index (κ3) is 2.62. The molecule has 3 heteroatoms. The molecule has 2 heterocycles. The zero-order valence-corrected chi connectivity index (χ0v) is 14.7. The van der Waals surface area contributed by atoms with Crippen molar-refractivity contribution in [2.75, 3.05) is 6.61 Å². The smallest absolute Gasteiger partial charge is 0.106 e. The molecule has 0 amide bonds. The zero-order chi connectivity index (χ0) is 15.8. The molecule has 2 aliphatic heterocycles. The van der Waals surface area contributed by atoms with Crippen molar-refractivity contribution in [2.45, 2.75) is 25.5 Å². The molecule has 1 N–H and O–H groups in total. The summed E-state index contributed by atoms with van der Waals surface area (Å²) in [5, 5.41) is 3.77. The standard InChI is InChI=1S/C20H20BrNO/c1-13-18-17(22-19(13)15-9-5-6-10-16(15)21)11-12-23-20(18)14-7-3-2-4-8-14/h2-10,13,19-20,22H,11-12H2,1H3/t13-,19+,20-/m1/s1. The Morgan fingerprint density at radius 2 is 1.78 bits per heavy atom. The van der Waals surface area contributed by atoms with E-state index in [0.29, 0.717) is 12.0 Å². The summed E-state index contributed by atoms with van der Waals surface area (Å²) in [6.07, 6.45) is 1.05. The van der Waals surface area contributed by atoms with Gasteiger partial charge in [-0.05, 0) is 22.8 Å². The quantitative estimate of drug-likeness (QED) is 0.790. The second-order valence-corrected chi connectivity index (χ2v) is 7.13. The van der Waals surface area contributed by atoms with Crippen LogP contribution < -0.4 is 5.32 Å². The second-order valence-electron chi connectivity index (χ2n) is 6.28. The molecule has 0 saturated carbocycles. The fourth-order valence-electron chi connectivity index (χ4n) is 3.81. The summed E-state index contributed by atoms with van der Waals surface area (Å²) >= 11 is 3.70. The lowest BCUT2D eigenvalue weighted by molar-refractivity contribution is 0.0625. The van der Waals surface area contributed by atoms with Gasteiger partial charge in [0.1, 0.15) is 6.10 Å². The maximum atomic E-state index is 6.15. The first kappa shape index (κ1) is 15.0. The van der Waals surface area contributed by atoms with Crippen LogP contribution in [0.15, 0.2) is 70.3 Å². The highest BCUT2D eigenvalue weighted by molar-refractivity contribution is 9.10.